The Morgan fingerprint density at radius 2 is 2.11 bits per heavy atom. The predicted octanol–water partition coefficient (Wildman–Crippen LogP) is 1.20. The highest BCUT2D eigenvalue weighted by Gasteiger charge is 2.35. The Morgan fingerprint density at radius 1 is 1.28 bits per heavy atom. The van der Waals surface area contributed by atoms with E-state index >= 15 is 0 Å². The van der Waals surface area contributed by atoms with Gasteiger partial charge in [-0.05, 0) is 12.5 Å². The summed E-state index contributed by atoms with van der Waals surface area (Å²) in [5, 5.41) is 9.78. The summed E-state index contributed by atoms with van der Waals surface area (Å²) in [5.74, 6) is 0.671. The number of hydrogen-bond acceptors (Lipinski definition) is 3. The van der Waals surface area contributed by atoms with Crippen LogP contribution in [-0.2, 0) is 11.3 Å². The number of aromatic hydroxyl groups is 1. The van der Waals surface area contributed by atoms with Crippen molar-refractivity contribution in [2.75, 3.05) is 19.6 Å². The molecule has 1 N–H and O–H groups in total. The quantitative estimate of drug-likeness (QED) is 0.852. The standard InChI is InChI=1S/C14H18N2O2/c17-13-4-2-1-3-11(13)9-15-7-8-16-12(10-15)5-6-14(16)18/h1-4,12,17H,5-10H2. The van der Waals surface area contributed by atoms with Gasteiger partial charge in [0.05, 0.1) is 0 Å². The van der Waals surface area contributed by atoms with Crippen LogP contribution in [0.25, 0.3) is 0 Å². The van der Waals surface area contributed by atoms with Crippen LogP contribution in [0.1, 0.15) is 18.4 Å². The van der Waals surface area contributed by atoms with Crippen molar-refractivity contribution in [2.24, 2.45) is 0 Å². The van der Waals surface area contributed by atoms with E-state index in [2.05, 4.69) is 4.90 Å². The number of amides is 1. The van der Waals surface area contributed by atoms with Gasteiger partial charge >= 0.3 is 0 Å². The maximum atomic E-state index is 11.6. The van der Waals surface area contributed by atoms with Crippen molar-refractivity contribution in [2.45, 2.75) is 25.4 Å². The summed E-state index contributed by atoms with van der Waals surface area (Å²) in [6, 6.07) is 7.86. The van der Waals surface area contributed by atoms with E-state index in [1.54, 1.807) is 6.07 Å². The van der Waals surface area contributed by atoms with E-state index in [1.165, 1.54) is 0 Å². The molecular weight excluding hydrogens is 228 g/mol. The predicted molar refractivity (Wildman–Crippen MR) is 68.1 cm³/mol. The van der Waals surface area contributed by atoms with Gasteiger partial charge in [0.2, 0.25) is 5.91 Å². The molecule has 18 heavy (non-hydrogen) atoms. The summed E-state index contributed by atoms with van der Waals surface area (Å²) in [6.07, 6.45) is 1.69. The van der Waals surface area contributed by atoms with Crippen molar-refractivity contribution in [3.05, 3.63) is 29.8 Å². The fourth-order valence-corrected chi connectivity index (χ4v) is 2.96. The lowest BCUT2D eigenvalue weighted by atomic mass is 10.1. The number of para-hydroxylation sites is 1. The Hall–Kier alpha value is -1.55. The summed E-state index contributed by atoms with van der Waals surface area (Å²) in [4.78, 5) is 15.9. The maximum Gasteiger partial charge on any atom is 0.222 e. The van der Waals surface area contributed by atoms with E-state index in [1.807, 2.05) is 23.1 Å². The van der Waals surface area contributed by atoms with Gasteiger partial charge in [-0.3, -0.25) is 9.69 Å². The van der Waals surface area contributed by atoms with Crippen molar-refractivity contribution in [3.63, 3.8) is 0 Å². The van der Waals surface area contributed by atoms with Crippen molar-refractivity contribution in [1.82, 2.24) is 9.80 Å². The molecule has 0 aromatic heterocycles. The molecule has 2 aliphatic rings. The first-order valence-corrected chi connectivity index (χ1v) is 6.53. The highest BCUT2D eigenvalue weighted by molar-refractivity contribution is 5.78. The van der Waals surface area contributed by atoms with E-state index in [-0.39, 0.29) is 0 Å². The zero-order valence-electron chi connectivity index (χ0n) is 10.4. The third-order valence-corrected chi connectivity index (χ3v) is 3.96. The van der Waals surface area contributed by atoms with Crippen LogP contribution in [0.15, 0.2) is 24.3 Å². The number of rotatable bonds is 2. The molecule has 1 unspecified atom stereocenters. The third kappa shape index (κ3) is 2.08. The number of carbonyl (C=O) groups excluding carboxylic acids is 1. The van der Waals surface area contributed by atoms with Crippen LogP contribution < -0.4 is 0 Å². The first-order valence-electron chi connectivity index (χ1n) is 6.53. The monoisotopic (exact) mass is 246 g/mol. The van der Waals surface area contributed by atoms with Gasteiger partial charge in [-0.1, -0.05) is 18.2 Å². The molecule has 0 radical (unpaired) electrons. The van der Waals surface area contributed by atoms with Crippen molar-refractivity contribution >= 4 is 5.91 Å². The summed E-state index contributed by atoms with van der Waals surface area (Å²) >= 11 is 0. The van der Waals surface area contributed by atoms with Gasteiger partial charge in [-0.25, -0.2) is 0 Å². The largest absolute Gasteiger partial charge is 0.508 e. The number of phenols is 1. The highest BCUT2D eigenvalue weighted by atomic mass is 16.3. The first-order chi connectivity index (χ1) is 8.74. The molecule has 1 aromatic carbocycles. The molecule has 2 aliphatic heterocycles. The van der Waals surface area contributed by atoms with Crippen LogP contribution in [-0.4, -0.2) is 46.5 Å². The molecule has 96 valence electrons. The minimum Gasteiger partial charge on any atom is -0.508 e. The molecule has 2 fully saturated rings. The highest BCUT2D eigenvalue weighted by Crippen LogP contribution is 2.25. The molecule has 2 saturated heterocycles. The molecule has 1 aromatic rings. The average Bonchev–Trinajstić information content (AvgIpc) is 2.74. The molecule has 1 amide bonds. The smallest absolute Gasteiger partial charge is 0.222 e. The summed E-state index contributed by atoms with van der Waals surface area (Å²) < 4.78 is 0. The first kappa shape index (κ1) is 11.5. The van der Waals surface area contributed by atoms with E-state index in [0.717, 1.165) is 38.2 Å². The summed E-state index contributed by atoms with van der Waals surface area (Å²) in [5.41, 5.74) is 0.968. The summed E-state index contributed by atoms with van der Waals surface area (Å²) in [6.45, 7) is 3.43. The topological polar surface area (TPSA) is 43.8 Å². The average molecular weight is 246 g/mol. The zero-order valence-corrected chi connectivity index (χ0v) is 10.4. The lowest BCUT2D eigenvalue weighted by Crippen LogP contribution is -2.50. The minimum absolute atomic E-state index is 0.308. The van der Waals surface area contributed by atoms with Crippen molar-refractivity contribution in [1.29, 1.82) is 0 Å². The SMILES string of the molecule is O=C1CCC2CN(Cc3ccccc3O)CCN12. The number of carbonyl (C=O) groups is 1. The molecular formula is C14H18N2O2. The van der Waals surface area contributed by atoms with E-state index in [9.17, 15) is 9.90 Å². The molecule has 2 heterocycles. The van der Waals surface area contributed by atoms with Crippen LogP contribution in [0.2, 0.25) is 0 Å². The van der Waals surface area contributed by atoms with Crippen molar-refractivity contribution < 1.29 is 9.90 Å². The Bertz CT molecular complexity index is 461. The van der Waals surface area contributed by atoms with Gasteiger partial charge in [0.1, 0.15) is 5.75 Å². The molecule has 4 heteroatoms. The second kappa shape index (κ2) is 4.61. The normalized spacial score (nSPS) is 24.3. The maximum absolute atomic E-state index is 11.6. The van der Waals surface area contributed by atoms with Crippen molar-refractivity contribution in [3.8, 4) is 5.75 Å². The number of fused-ring (bicyclic) bond motifs is 1. The van der Waals surface area contributed by atoms with Gasteiger partial charge in [0.25, 0.3) is 0 Å². The van der Waals surface area contributed by atoms with Crippen LogP contribution in [0.3, 0.4) is 0 Å². The summed E-state index contributed by atoms with van der Waals surface area (Å²) in [7, 11) is 0. The second-order valence-corrected chi connectivity index (χ2v) is 5.14. The van der Waals surface area contributed by atoms with Gasteiger partial charge in [0.15, 0.2) is 0 Å². The second-order valence-electron chi connectivity index (χ2n) is 5.14. The molecule has 0 saturated carbocycles. The molecule has 3 rings (SSSR count). The van der Waals surface area contributed by atoms with E-state index in [0.29, 0.717) is 24.1 Å². The fraction of sp³-hybridized carbons (Fsp3) is 0.500. The lowest BCUT2D eigenvalue weighted by molar-refractivity contribution is -0.130. The van der Waals surface area contributed by atoms with Crippen LogP contribution >= 0.6 is 0 Å². The molecule has 0 bridgehead atoms. The van der Waals surface area contributed by atoms with E-state index in [4.69, 9.17) is 0 Å². The van der Waals surface area contributed by atoms with Gasteiger partial charge in [0, 0.05) is 44.2 Å². The fourth-order valence-electron chi connectivity index (χ4n) is 2.96. The Kier molecular flexibility index (Phi) is 2.96. The van der Waals surface area contributed by atoms with Gasteiger partial charge in [-0.15, -0.1) is 0 Å². The molecule has 0 spiro atoms. The molecule has 1 atom stereocenters. The van der Waals surface area contributed by atoms with Crippen LogP contribution in [0, 0.1) is 0 Å². The minimum atomic E-state index is 0.308. The van der Waals surface area contributed by atoms with Gasteiger partial charge in [-0.2, -0.15) is 0 Å². The molecule has 4 nitrogen and oxygen atoms in total. The Morgan fingerprint density at radius 3 is 2.94 bits per heavy atom. The van der Waals surface area contributed by atoms with Crippen LogP contribution in [0.5, 0.6) is 5.75 Å². The lowest BCUT2D eigenvalue weighted by Gasteiger charge is -2.37. The number of phenolic OH excluding ortho intramolecular Hbond substituents is 1. The zero-order chi connectivity index (χ0) is 12.5. The van der Waals surface area contributed by atoms with Crippen LogP contribution in [0.4, 0.5) is 0 Å². The van der Waals surface area contributed by atoms with Gasteiger partial charge < -0.3 is 10.0 Å². The number of hydrogen-bond donors (Lipinski definition) is 1. The third-order valence-electron chi connectivity index (χ3n) is 3.96. The Balaban J connectivity index is 1.66. The number of nitrogens with zero attached hydrogens (tertiary/aromatic N) is 2. The molecule has 0 aliphatic carbocycles. The Labute approximate surface area is 107 Å². The van der Waals surface area contributed by atoms with E-state index < -0.39 is 0 Å². The number of benzene rings is 1. The number of piperazine rings is 1.